The molecule has 0 radical (unpaired) electrons. The number of benzene rings is 1. The summed E-state index contributed by atoms with van der Waals surface area (Å²) in [7, 11) is 1.96. The summed E-state index contributed by atoms with van der Waals surface area (Å²) < 4.78 is 0. The van der Waals surface area contributed by atoms with Gasteiger partial charge in [0, 0.05) is 38.8 Å². The van der Waals surface area contributed by atoms with Crippen molar-refractivity contribution in [2.24, 2.45) is 0 Å². The lowest BCUT2D eigenvalue weighted by molar-refractivity contribution is 0.261. The second-order valence-corrected chi connectivity index (χ2v) is 6.76. The maximum atomic E-state index is 9.02. The first-order chi connectivity index (χ1) is 12.2. The minimum absolute atomic E-state index is 0.147. The van der Waals surface area contributed by atoms with Crippen LogP contribution in [0.2, 0.25) is 0 Å². The van der Waals surface area contributed by atoms with Crippen molar-refractivity contribution in [3.05, 3.63) is 54.2 Å². The summed E-state index contributed by atoms with van der Waals surface area (Å²) in [5.74, 6) is 0.917. The number of likely N-dealkylation sites (N-methyl/N-ethyl adjacent to an activating group) is 1. The third-order valence-corrected chi connectivity index (χ3v) is 5.03. The van der Waals surface area contributed by atoms with Crippen molar-refractivity contribution in [1.29, 1.82) is 0 Å². The van der Waals surface area contributed by atoms with E-state index < -0.39 is 0 Å². The molecule has 1 aliphatic heterocycles. The Kier molecular flexibility index (Phi) is 5.89. The van der Waals surface area contributed by atoms with Crippen LogP contribution in [0.5, 0.6) is 0 Å². The lowest BCUT2D eigenvalue weighted by atomic mass is 10.1. The lowest BCUT2D eigenvalue weighted by Gasteiger charge is -2.25. The van der Waals surface area contributed by atoms with Gasteiger partial charge in [-0.3, -0.25) is 4.90 Å². The summed E-state index contributed by atoms with van der Waals surface area (Å²) >= 11 is 0. The predicted molar refractivity (Wildman–Crippen MR) is 103 cm³/mol. The molecule has 0 spiro atoms. The largest absolute Gasteiger partial charge is 0.395 e. The average molecular weight is 340 g/mol. The summed E-state index contributed by atoms with van der Waals surface area (Å²) in [6.07, 6.45) is 2.99. The Bertz CT molecular complexity index is 647. The molecule has 1 saturated heterocycles. The fourth-order valence-electron chi connectivity index (χ4n) is 3.38. The predicted octanol–water partition coefficient (Wildman–Crippen LogP) is 2.76. The summed E-state index contributed by atoms with van der Waals surface area (Å²) in [5.41, 5.74) is 2.39. The summed E-state index contributed by atoms with van der Waals surface area (Å²) in [6.45, 7) is 5.17. The van der Waals surface area contributed by atoms with Gasteiger partial charge in [-0.15, -0.1) is 0 Å². The van der Waals surface area contributed by atoms with Gasteiger partial charge in [-0.25, -0.2) is 4.98 Å². The maximum absolute atomic E-state index is 9.02. The number of hydrogen-bond donors (Lipinski definition) is 2. The van der Waals surface area contributed by atoms with E-state index in [2.05, 4.69) is 52.5 Å². The first-order valence-corrected chi connectivity index (χ1v) is 9.01. The van der Waals surface area contributed by atoms with Crippen molar-refractivity contribution in [2.45, 2.75) is 25.4 Å². The van der Waals surface area contributed by atoms with Crippen LogP contribution in [0.1, 0.15) is 24.9 Å². The quantitative estimate of drug-likeness (QED) is 0.812. The van der Waals surface area contributed by atoms with E-state index in [-0.39, 0.29) is 6.61 Å². The standard InChI is InChI=1S/C20H28N4O/c1-16(17-6-4-3-5-7-17)24-11-10-18(15-24)22-20-9-8-19(14-21-20)23(2)12-13-25/h3-9,14,16,18,25H,10-13,15H2,1-2H3,(H,21,22). The summed E-state index contributed by atoms with van der Waals surface area (Å²) in [4.78, 5) is 9.04. The molecule has 3 rings (SSSR count). The highest BCUT2D eigenvalue weighted by molar-refractivity contribution is 5.49. The molecule has 2 aromatic rings. The summed E-state index contributed by atoms with van der Waals surface area (Å²) in [6, 6.07) is 15.6. The molecule has 2 heterocycles. The lowest BCUT2D eigenvalue weighted by Crippen LogP contribution is -2.28. The molecule has 1 fully saturated rings. The van der Waals surface area contributed by atoms with E-state index in [0.717, 1.165) is 31.0 Å². The van der Waals surface area contributed by atoms with Gasteiger partial charge in [0.2, 0.25) is 0 Å². The van der Waals surface area contributed by atoms with E-state index in [1.165, 1.54) is 5.56 Å². The first kappa shape index (κ1) is 17.7. The number of aromatic nitrogens is 1. The minimum atomic E-state index is 0.147. The molecular formula is C20H28N4O. The van der Waals surface area contributed by atoms with Gasteiger partial charge in [0.15, 0.2) is 0 Å². The molecule has 0 aliphatic carbocycles. The highest BCUT2D eigenvalue weighted by Crippen LogP contribution is 2.26. The second kappa shape index (κ2) is 8.32. The van der Waals surface area contributed by atoms with Gasteiger partial charge >= 0.3 is 0 Å². The Morgan fingerprint density at radius 1 is 1.28 bits per heavy atom. The zero-order valence-electron chi connectivity index (χ0n) is 15.1. The molecule has 5 nitrogen and oxygen atoms in total. The number of nitrogens with zero attached hydrogens (tertiary/aromatic N) is 3. The Labute approximate surface area is 150 Å². The zero-order valence-corrected chi connectivity index (χ0v) is 15.1. The molecule has 0 saturated carbocycles. The Hall–Kier alpha value is -2.11. The van der Waals surface area contributed by atoms with Crippen LogP contribution in [0.4, 0.5) is 11.5 Å². The van der Waals surface area contributed by atoms with Gasteiger partial charge in [0.05, 0.1) is 18.5 Å². The third-order valence-electron chi connectivity index (χ3n) is 5.03. The Morgan fingerprint density at radius 3 is 2.76 bits per heavy atom. The van der Waals surface area contributed by atoms with E-state index in [9.17, 15) is 0 Å². The van der Waals surface area contributed by atoms with Gasteiger partial charge in [-0.05, 0) is 31.0 Å². The van der Waals surface area contributed by atoms with Crippen LogP contribution in [0.15, 0.2) is 48.7 Å². The number of rotatable bonds is 7. The fourth-order valence-corrected chi connectivity index (χ4v) is 3.38. The third kappa shape index (κ3) is 4.50. The molecule has 2 atom stereocenters. The SMILES string of the molecule is CC(c1ccccc1)N1CCC(Nc2ccc(N(C)CCO)cn2)C1. The highest BCUT2D eigenvalue weighted by Gasteiger charge is 2.26. The van der Waals surface area contributed by atoms with Crippen molar-refractivity contribution >= 4 is 11.5 Å². The van der Waals surface area contributed by atoms with E-state index in [4.69, 9.17) is 5.11 Å². The number of nitrogens with one attached hydrogen (secondary N) is 1. The average Bonchev–Trinajstić information content (AvgIpc) is 3.11. The number of anilines is 2. The molecule has 2 N–H and O–H groups in total. The van der Waals surface area contributed by atoms with Crippen molar-refractivity contribution in [2.75, 3.05) is 43.5 Å². The van der Waals surface area contributed by atoms with Gasteiger partial charge < -0.3 is 15.3 Å². The molecular weight excluding hydrogens is 312 g/mol. The molecule has 2 unspecified atom stereocenters. The van der Waals surface area contributed by atoms with Crippen LogP contribution in [-0.2, 0) is 0 Å². The normalized spacial score (nSPS) is 18.9. The van der Waals surface area contributed by atoms with Crippen molar-refractivity contribution in [3.8, 4) is 0 Å². The van der Waals surface area contributed by atoms with E-state index >= 15 is 0 Å². The summed E-state index contributed by atoms with van der Waals surface area (Å²) in [5, 5.41) is 12.6. The van der Waals surface area contributed by atoms with Gasteiger partial charge in [-0.1, -0.05) is 30.3 Å². The van der Waals surface area contributed by atoms with Gasteiger partial charge in [-0.2, -0.15) is 0 Å². The fraction of sp³-hybridized carbons (Fsp3) is 0.450. The molecule has 0 amide bonds. The first-order valence-electron chi connectivity index (χ1n) is 9.01. The molecule has 5 heteroatoms. The van der Waals surface area contributed by atoms with Gasteiger partial charge in [0.1, 0.15) is 5.82 Å². The molecule has 134 valence electrons. The van der Waals surface area contributed by atoms with Crippen LogP contribution in [0, 0.1) is 0 Å². The molecule has 0 bridgehead atoms. The van der Waals surface area contributed by atoms with Crippen LogP contribution in [0.25, 0.3) is 0 Å². The number of hydrogen-bond acceptors (Lipinski definition) is 5. The van der Waals surface area contributed by atoms with Crippen molar-refractivity contribution in [1.82, 2.24) is 9.88 Å². The number of aliphatic hydroxyl groups excluding tert-OH is 1. The van der Waals surface area contributed by atoms with Crippen molar-refractivity contribution in [3.63, 3.8) is 0 Å². The van der Waals surface area contributed by atoms with Crippen LogP contribution >= 0.6 is 0 Å². The van der Waals surface area contributed by atoms with E-state index in [0.29, 0.717) is 18.6 Å². The van der Waals surface area contributed by atoms with Crippen LogP contribution in [0.3, 0.4) is 0 Å². The molecule has 25 heavy (non-hydrogen) atoms. The monoisotopic (exact) mass is 340 g/mol. The van der Waals surface area contributed by atoms with Crippen molar-refractivity contribution < 1.29 is 5.11 Å². The number of likely N-dealkylation sites (tertiary alicyclic amines) is 1. The van der Waals surface area contributed by atoms with Gasteiger partial charge in [0.25, 0.3) is 0 Å². The van der Waals surface area contributed by atoms with E-state index in [1.54, 1.807) is 0 Å². The number of pyridine rings is 1. The van der Waals surface area contributed by atoms with Crippen LogP contribution in [-0.4, -0.2) is 54.3 Å². The second-order valence-electron chi connectivity index (χ2n) is 6.76. The Morgan fingerprint density at radius 2 is 2.08 bits per heavy atom. The van der Waals surface area contributed by atoms with Crippen LogP contribution < -0.4 is 10.2 Å². The minimum Gasteiger partial charge on any atom is -0.395 e. The molecule has 1 aliphatic rings. The number of aliphatic hydroxyl groups is 1. The highest BCUT2D eigenvalue weighted by atomic mass is 16.3. The smallest absolute Gasteiger partial charge is 0.126 e. The molecule has 1 aromatic carbocycles. The zero-order chi connectivity index (χ0) is 17.6. The topological polar surface area (TPSA) is 51.6 Å². The van der Waals surface area contributed by atoms with E-state index in [1.807, 2.05) is 30.3 Å². The Balaban J connectivity index is 1.54. The molecule has 1 aromatic heterocycles. The maximum Gasteiger partial charge on any atom is 0.126 e.